The van der Waals surface area contributed by atoms with Crippen LogP contribution in [0.15, 0.2) is 85.2 Å². The van der Waals surface area contributed by atoms with Crippen LogP contribution in [0.2, 0.25) is 0 Å². The smallest absolute Gasteiger partial charge is 0.0992 e. The summed E-state index contributed by atoms with van der Waals surface area (Å²) in [5, 5.41) is 3.16. The third-order valence-corrected chi connectivity index (χ3v) is 4.54. The van der Waals surface area contributed by atoms with E-state index in [0.29, 0.717) is 0 Å². The van der Waals surface area contributed by atoms with Crippen molar-refractivity contribution in [3.8, 4) is 0 Å². The topological polar surface area (TPSA) is 30.7 Å². The van der Waals surface area contributed by atoms with Gasteiger partial charge in [0.05, 0.1) is 17.0 Å². The first-order valence-corrected chi connectivity index (χ1v) is 11.4. The molecule has 0 aliphatic carbocycles. The highest BCUT2D eigenvalue weighted by Gasteiger charge is 2.09. The Hall–Kier alpha value is -2.72. The van der Waals surface area contributed by atoms with E-state index < -0.39 is 0 Å². The van der Waals surface area contributed by atoms with Gasteiger partial charge in [0, 0.05) is 35.8 Å². The van der Waals surface area contributed by atoms with Crippen molar-refractivity contribution >= 4 is 16.9 Å². The maximum Gasteiger partial charge on any atom is 0.0992 e. The van der Waals surface area contributed by atoms with E-state index in [2.05, 4.69) is 34.2 Å². The Bertz CT molecular complexity index is 860. The summed E-state index contributed by atoms with van der Waals surface area (Å²) in [4.78, 5) is 9.10. The van der Waals surface area contributed by atoms with Crippen LogP contribution in [-0.2, 0) is 13.0 Å². The second-order valence-electron chi connectivity index (χ2n) is 5.65. The standard InChI is InChI=1S/C22H25N3S.2C2H6/c1-5-9-18(10-6-2)15-25-17-23-14-20(25)13-22-24-21(16-26-22)19(11-7-3)12-8-4;2*1-2/h5-12,14,16-17H,1,3,13,15H2,2,4H3;2*1-2H3/b10-6-,12-8-,18-9+,19-11+;;. The summed E-state index contributed by atoms with van der Waals surface area (Å²) in [7, 11) is 0. The molecule has 162 valence electrons. The number of aromatic nitrogens is 3. The quantitative estimate of drug-likeness (QED) is 0.385. The zero-order valence-corrected chi connectivity index (χ0v) is 20.2. The van der Waals surface area contributed by atoms with Gasteiger partial charge in [-0.05, 0) is 19.4 Å². The number of allylic oxidation sites excluding steroid dienone is 10. The number of rotatable bonds is 9. The molecule has 0 saturated heterocycles. The molecule has 0 aliphatic rings. The Morgan fingerprint density at radius 3 is 2.30 bits per heavy atom. The predicted molar refractivity (Wildman–Crippen MR) is 136 cm³/mol. The molecular formula is C26H37N3S. The Morgan fingerprint density at radius 1 is 1.03 bits per heavy atom. The van der Waals surface area contributed by atoms with Crippen LogP contribution in [0, 0.1) is 0 Å². The summed E-state index contributed by atoms with van der Waals surface area (Å²) in [6.45, 7) is 20.4. The highest BCUT2D eigenvalue weighted by Crippen LogP contribution is 2.22. The van der Waals surface area contributed by atoms with Gasteiger partial charge < -0.3 is 4.57 Å². The lowest BCUT2D eigenvalue weighted by Crippen LogP contribution is -2.04. The monoisotopic (exact) mass is 423 g/mol. The minimum Gasteiger partial charge on any atom is -0.330 e. The zero-order chi connectivity index (χ0) is 22.8. The maximum absolute atomic E-state index is 4.78. The molecule has 0 aromatic carbocycles. The molecule has 2 aromatic heterocycles. The minimum atomic E-state index is 0.763. The summed E-state index contributed by atoms with van der Waals surface area (Å²) in [5.74, 6) is 0. The van der Waals surface area contributed by atoms with E-state index in [1.807, 2.05) is 90.5 Å². The minimum absolute atomic E-state index is 0.763. The van der Waals surface area contributed by atoms with Crippen molar-refractivity contribution in [2.45, 2.75) is 54.5 Å². The summed E-state index contributed by atoms with van der Waals surface area (Å²) in [6.07, 6.45) is 20.3. The molecule has 0 radical (unpaired) electrons. The molecule has 0 unspecified atom stereocenters. The van der Waals surface area contributed by atoms with Crippen LogP contribution in [0.4, 0.5) is 0 Å². The van der Waals surface area contributed by atoms with Gasteiger partial charge in [-0.15, -0.1) is 11.3 Å². The molecule has 3 nitrogen and oxygen atoms in total. The van der Waals surface area contributed by atoms with Crippen molar-refractivity contribution in [2.24, 2.45) is 0 Å². The maximum atomic E-state index is 4.78. The number of imidazole rings is 1. The van der Waals surface area contributed by atoms with E-state index in [4.69, 9.17) is 4.98 Å². The van der Waals surface area contributed by atoms with Gasteiger partial charge in [0.1, 0.15) is 0 Å². The van der Waals surface area contributed by atoms with Crippen molar-refractivity contribution in [3.63, 3.8) is 0 Å². The number of hydrogen-bond donors (Lipinski definition) is 0. The Labute approximate surface area is 187 Å². The number of hydrogen-bond acceptors (Lipinski definition) is 3. The van der Waals surface area contributed by atoms with Crippen LogP contribution in [-0.4, -0.2) is 14.5 Å². The molecular weight excluding hydrogens is 386 g/mol. The van der Waals surface area contributed by atoms with Crippen LogP contribution in [0.5, 0.6) is 0 Å². The predicted octanol–water partition coefficient (Wildman–Crippen LogP) is 7.82. The first-order valence-electron chi connectivity index (χ1n) is 10.5. The summed E-state index contributed by atoms with van der Waals surface area (Å²) >= 11 is 1.67. The van der Waals surface area contributed by atoms with Crippen LogP contribution < -0.4 is 0 Å². The van der Waals surface area contributed by atoms with Gasteiger partial charge in [-0.1, -0.05) is 89.5 Å². The Morgan fingerprint density at radius 2 is 1.70 bits per heavy atom. The zero-order valence-electron chi connectivity index (χ0n) is 19.4. The molecule has 0 spiro atoms. The van der Waals surface area contributed by atoms with E-state index in [1.165, 1.54) is 5.57 Å². The summed E-state index contributed by atoms with van der Waals surface area (Å²) in [6, 6.07) is 0. The lowest BCUT2D eigenvalue weighted by atomic mass is 10.2. The van der Waals surface area contributed by atoms with Gasteiger partial charge in [0.15, 0.2) is 0 Å². The SMILES string of the molecule is C=C/C=C(\C=C/C)Cn1cncc1Cc1nc(C(/C=C\C)=C/C=C)cs1.CC.CC. The van der Waals surface area contributed by atoms with E-state index >= 15 is 0 Å². The molecule has 0 N–H and O–H groups in total. The van der Waals surface area contributed by atoms with Crippen molar-refractivity contribution in [1.82, 2.24) is 14.5 Å². The number of thiazole rings is 1. The van der Waals surface area contributed by atoms with Gasteiger partial charge in [-0.3, -0.25) is 0 Å². The fourth-order valence-corrected chi connectivity index (χ4v) is 3.39. The average Bonchev–Trinajstić information content (AvgIpc) is 3.41. The van der Waals surface area contributed by atoms with E-state index in [0.717, 1.165) is 34.9 Å². The summed E-state index contributed by atoms with van der Waals surface area (Å²) < 4.78 is 2.16. The van der Waals surface area contributed by atoms with Gasteiger partial charge in [0.2, 0.25) is 0 Å². The molecule has 0 amide bonds. The molecule has 0 aliphatic heterocycles. The second kappa shape index (κ2) is 17.2. The summed E-state index contributed by atoms with van der Waals surface area (Å²) in [5.41, 5.74) is 4.38. The van der Waals surface area contributed by atoms with Gasteiger partial charge in [-0.2, -0.15) is 0 Å². The van der Waals surface area contributed by atoms with Crippen molar-refractivity contribution < 1.29 is 0 Å². The van der Waals surface area contributed by atoms with Crippen molar-refractivity contribution in [2.75, 3.05) is 0 Å². The first-order chi connectivity index (χ1) is 14.7. The second-order valence-corrected chi connectivity index (χ2v) is 6.59. The van der Waals surface area contributed by atoms with E-state index in [9.17, 15) is 0 Å². The average molecular weight is 424 g/mol. The highest BCUT2D eigenvalue weighted by molar-refractivity contribution is 7.09. The molecule has 4 heteroatoms. The third kappa shape index (κ3) is 9.19. The van der Waals surface area contributed by atoms with Gasteiger partial charge in [-0.25, -0.2) is 9.97 Å². The van der Waals surface area contributed by atoms with Crippen LogP contribution in [0.1, 0.15) is 57.9 Å². The highest BCUT2D eigenvalue weighted by atomic mass is 32.1. The Kier molecular flexibility index (Phi) is 15.6. The van der Waals surface area contributed by atoms with Gasteiger partial charge in [0.25, 0.3) is 0 Å². The molecule has 0 fully saturated rings. The lowest BCUT2D eigenvalue weighted by molar-refractivity contribution is 0.751. The van der Waals surface area contributed by atoms with Crippen molar-refractivity contribution in [3.05, 3.63) is 102 Å². The molecule has 2 heterocycles. The molecule has 0 bridgehead atoms. The van der Waals surface area contributed by atoms with Crippen LogP contribution >= 0.6 is 11.3 Å². The fourth-order valence-electron chi connectivity index (χ4n) is 2.57. The first kappa shape index (κ1) is 27.3. The van der Waals surface area contributed by atoms with Gasteiger partial charge >= 0.3 is 0 Å². The van der Waals surface area contributed by atoms with Crippen LogP contribution in [0.3, 0.4) is 0 Å². The van der Waals surface area contributed by atoms with Crippen LogP contribution in [0.25, 0.3) is 5.57 Å². The lowest BCUT2D eigenvalue weighted by Gasteiger charge is -2.08. The van der Waals surface area contributed by atoms with E-state index in [1.54, 1.807) is 17.4 Å². The largest absolute Gasteiger partial charge is 0.330 e. The molecule has 0 atom stereocenters. The Balaban J connectivity index is 0.00000198. The molecule has 2 aromatic rings. The normalized spacial score (nSPS) is 11.7. The third-order valence-electron chi connectivity index (χ3n) is 3.69. The van der Waals surface area contributed by atoms with Crippen molar-refractivity contribution in [1.29, 1.82) is 0 Å². The van der Waals surface area contributed by atoms with E-state index in [-0.39, 0.29) is 0 Å². The fraction of sp³-hybridized carbons (Fsp3) is 0.308. The molecule has 30 heavy (non-hydrogen) atoms. The number of nitrogens with zero attached hydrogens (tertiary/aromatic N) is 3. The molecule has 2 rings (SSSR count). The molecule has 0 saturated carbocycles.